The third-order valence-corrected chi connectivity index (χ3v) is 4.63. The van der Waals surface area contributed by atoms with E-state index >= 15 is 0 Å². The molecule has 0 amide bonds. The summed E-state index contributed by atoms with van der Waals surface area (Å²) >= 11 is 1.77. The molecule has 1 fully saturated rings. The minimum absolute atomic E-state index is 0.0563. The number of nitro benzene ring substituents is 1. The summed E-state index contributed by atoms with van der Waals surface area (Å²) in [6, 6.07) is 2.69. The quantitative estimate of drug-likeness (QED) is 0.460. The van der Waals surface area contributed by atoms with Crippen LogP contribution in [0.1, 0.15) is 39.5 Å². The Labute approximate surface area is 131 Å². The van der Waals surface area contributed by atoms with Gasteiger partial charge < -0.3 is 5.32 Å². The number of nitrogens with zero attached hydrogens (tertiary/aromatic N) is 1. The Kier molecular flexibility index (Phi) is 4.51. The van der Waals surface area contributed by atoms with Gasteiger partial charge in [0.1, 0.15) is 11.5 Å². The van der Waals surface area contributed by atoms with Crippen molar-refractivity contribution in [2.45, 2.75) is 45.6 Å². The van der Waals surface area contributed by atoms with E-state index in [4.69, 9.17) is 0 Å². The molecule has 1 aliphatic carbocycles. The van der Waals surface area contributed by atoms with Crippen molar-refractivity contribution in [1.82, 2.24) is 0 Å². The highest BCUT2D eigenvalue weighted by molar-refractivity contribution is 14.1. The van der Waals surface area contributed by atoms with Crippen molar-refractivity contribution >= 4 is 34.0 Å². The van der Waals surface area contributed by atoms with Crippen LogP contribution in [-0.2, 0) is 0 Å². The Balaban J connectivity index is 2.24. The molecule has 0 aliphatic heterocycles. The Morgan fingerprint density at radius 2 is 2.20 bits per heavy atom. The first-order chi connectivity index (χ1) is 9.28. The molecule has 0 bridgehead atoms. The monoisotopic (exact) mass is 392 g/mol. The average molecular weight is 392 g/mol. The summed E-state index contributed by atoms with van der Waals surface area (Å²) in [5.74, 6) is -0.422. The highest BCUT2D eigenvalue weighted by atomic mass is 127. The van der Waals surface area contributed by atoms with E-state index in [1.807, 2.05) is 0 Å². The van der Waals surface area contributed by atoms with E-state index in [-0.39, 0.29) is 26.4 Å². The molecule has 1 atom stereocenters. The third-order valence-electron chi connectivity index (χ3n) is 3.80. The van der Waals surface area contributed by atoms with Crippen molar-refractivity contribution < 1.29 is 9.31 Å². The van der Waals surface area contributed by atoms with Gasteiger partial charge in [-0.15, -0.1) is 0 Å². The minimum Gasteiger partial charge on any atom is -0.377 e. The highest BCUT2D eigenvalue weighted by Crippen LogP contribution is 2.38. The number of benzene rings is 1. The van der Waals surface area contributed by atoms with E-state index in [2.05, 4.69) is 19.2 Å². The van der Waals surface area contributed by atoms with Crippen LogP contribution < -0.4 is 5.32 Å². The van der Waals surface area contributed by atoms with Gasteiger partial charge in [0.2, 0.25) is 0 Å². The summed E-state index contributed by atoms with van der Waals surface area (Å²) in [4.78, 5) is 10.6. The summed E-state index contributed by atoms with van der Waals surface area (Å²) in [5.41, 5.74) is 0.460. The van der Waals surface area contributed by atoms with Crippen molar-refractivity contribution in [3.63, 3.8) is 0 Å². The third kappa shape index (κ3) is 3.59. The van der Waals surface area contributed by atoms with Gasteiger partial charge in [-0.1, -0.05) is 20.3 Å². The van der Waals surface area contributed by atoms with Crippen LogP contribution in [0.3, 0.4) is 0 Å². The number of hydrogen-bond acceptors (Lipinski definition) is 3. The molecule has 1 saturated carbocycles. The largest absolute Gasteiger partial charge is 0.377 e. The summed E-state index contributed by atoms with van der Waals surface area (Å²) in [5, 5.41) is 14.3. The maximum absolute atomic E-state index is 13.7. The van der Waals surface area contributed by atoms with Crippen molar-refractivity contribution in [2.75, 3.05) is 5.32 Å². The van der Waals surface area contributed by atoms with Crippen LogP contribution in [0.5, 0.6) is 0 Å². The van der Waals surface area contributed by atoms with Gasteiger partial charge in [-0.3, -0.25) is 10.1 Å². The summed E-state index contributed by atoms with van der Waals surface area (Å²) in [6.07, 6.45) is 4.16. The lowest BCUT2D eigenvalue weighted by Gasteiger charge is -2.35. The lowest BCUT2D eigenvalue weighted by molar-refractivity contribution is -0.384. The van der Waals surface area contributed by atoms with Gasteiger partial charge >= 0.3 is 0 Å². The zero-order valence-electron chi connectivity index (χ0n) is 11.6. The van der Waals surface area contributed by atoms with Gasteiger partial charge in [0.25, 0.3) is 5.69 Å². The highest BCUT2D eigenvalue weighted by Gasteiger charge is 2.29. The fourth-order valence-corrected chi connectivity index (χ4v) is 3.29. The van der Waals surface area contributed by atoms with Crippen LogP contribution >= 0.6 is 22.6 Å². The second-order valence-corrected chi connectivity index (χ2v) is 7.30. The van der Waals surface area contributed by atoms with Crippen LogP contribution in [0.15, 0.2) is 12.1 Å². The lowest BCUT2D eigenvalue weighted by atomic mass is 9.75. The maximum atomic E-state index is 13.7. The van der Waals surface area contributed by atoms with Gasteiger partial charge in [-0.25, -0.2) is 4.39 Å². The Morgan fingerprint density at radius 1 is 1.50 bits per heavy atom. The fourth-order valence-electron chi connectivity index (χ4n) is 2.84. The first kappa shape index (κ1) is 15.5. The van der Waals surface area contributed by atoms with Crippen molar-refractivity contribution in [1.29, 1.82) is 0 Å². The smallest absolute Gasteiger partial charge is 0.293 e. The predicted octanol–water partition coefficient (Wildman–Crippen LogP) is 4.72. The number of nitro groups is 1. The first-order valence-corrected chi connectivity index (χ1v) is 7.76. The number of rotatable bonds is 3. The zero-order valence-corrected chi connectivity index (χ0v) is 13.7. The van der Waals surface area contributed by atoms with E-state index in [1.165, 1.54) is 12.1 Å². The van der Waals surface area contributed by atoms with Gasteiger partial charge in [-0.2, -0.15) is 0 Å². The Morgan fingerprint density at radius 3 is 2.80 bits per heavy atom. The summed E-state index contributed by atoms with van der Waals surface area (Å²) in [6.45, 7) is 4.40. The van der Waals surface area contributed by atoms with Gasteiger partial charge in [0.15, 0.2) is 0 Å². The minimum atomic E-state index is -0.460. The van der Waals surface area contributed by atoms with Crippen molar-refractivity contribution in [3.8, 4) is 0 Å². The Bertz CT molecular complexity index is 534. The van der Waals surface area contributed by atoms with Crippen LogP contribution in [0.25, 0.3) is 0 Å². The van der Waals surface area contributed by atoms with Crippen molar-refractivity contribution in [3.05, 3.63) is 31.6 Å². The molecule has 20 heavy (non-hydrogen) atoms. The SMILES string of the molecule is CC1(C)CCCC(Nc2cc(F)c(I)cc2[N+](=O)[O-])C1. The number of halogens is 2. The van der Waals surface area contributed by atoms with Gasteiger partial charge in [0.05, 0.1) is 8.49 Å². The maximum Gasteiger partial charge on any atom is 0.293 e. The molecule has 1 aromatic rings. The van der Waals surface area contributed by atoms with Crippen LogP contribution in [0.4, 0.5) is 15.8 Å². The number of anilines is 1. The van der Waals surface area contributed by atoms with Crippen LogP contribution in [0.2, 0.25) is 0 Å². The average Bonchev–Trinajstić information content (AvgIpc) is 2.32. The first-order valence-electron chi connectivity index (χ1n) is 6.68. The molecular weight excluding hydrogens is 374 g/mol. The second-order valence-electron chi connectivity index (χ2n) is 6.14. The Hall–Kier alpha value is -0.920. The molecule has 1 aliphatic rings. The van der Waals surface area contributed by atoms with Gasteiger partial charge in [0, 0.05) is 18.2 Å². The van der Waals surface area contributed by atoms with Crippen LogP contribution in [-0.4, -0.2) is 11.0 Å². The molecule has 2 rings (SSSR count). The molecule has 0 heterocycles. The molecular formula is C14H18FIN2O2. The van der Waals surface area contributed by atoms with Crippen molar-refractivity contribution in [2.24, 2.45) is 5.41 Å². The standard InChI is InChI=1S/C14H18FIN2O2/c1-14(2)5-3-4-9(8-14)17-12-6-10(15)11(16)7-13(12)18(19)20/h6-7,9,17H,3-5,8H2,1-2H3. The topological polar surface area (TPSA) is 55.2 Å². The molecule has 0 radical (unpaired) electrons. The van der Waals surface area contributed by atoms with E-state index in [9.17, 15) is 14.5 Å². The molecule has 6 heteroatoms. The normalized spacial score (nSPS) is 21.5. The van der Waals surface area contributed by atoms with Gasteiger partial charge in [-0.05, 0) is 47.3 Å². The van der Waals surface area contributed by atoms with Crippen LogP contribution in [0, 0.1) is 24.9 Å². The lowest BCUT2D eigenvalue weighted by Crippen LogP contribution is -2.32. The molecule has 1 aromatic carbocycles. The van der Waals surface area contributed by atoms with E-state index in [0.29, 0.717) is 0 Å². The number of hydrogen-bond donors (Lipinski definition) is 1. The van der Waals surface area contributed by atoms with E-state index in [1.54, 1.807) is 22.6 Å². The molecule has 0 spiro atoms. The molecule has 1 N–H and O–H groups in total. The fraction of sp³-hybridized carbons (Fsp3) is 0.571. The second kappa shape index (κ2) is 5.83. The predicted molar refractivity (Wildman–Crippen MR) is 85.4 cm³/mol. The zero-order chi connectivity index (χ0) is 14.9. The molecule has 1 unspecified atom stereocenters. The molecule has 0 saturated heterocycles. The number of nitrogens with one attached hydrogen (secondary N) is 1. The van der Waals surface area contributed by atoms with E-state index in [0.717, 1.165) is 25.7 Å². The molecule has 4 nitrogen and oxygen atoms in total. The molecule has 0 aromatic heterocycles. The summed E-state index contributed by atoms with van der Waals surface area (Å²) < 4.78 is 13.9. The summed E-state index contributed by atoms with van der Waals surface area (Å²) in [7, 11) is 0. The van der Waals surface area contributed by atoms with E-state index < -0.39 is 10.7 Å². The molecule has 110 valence electrons.